The highest BCUT2D eigenvalue weighted by Crippen LogP contribution is 2.21. The zero-order valence-electron chi connectivity index (χ0n) is 23.0. The van der Waals surface area contributed by atoms with Crippen LogP contribution in [0.4, 0.5) is 4.39 Å². The number of halogens is 1. The highest BCUT2D eigenvalue weighted by molar-refractivity contribution is 5.86. The van der Waals surface area contributed by atoms with Crippen molar-refractivity contribution < 1.29 is 14.3 Å². The van der Waals surface area contributed by atoms with Gasteiger partial charge in [-0.1, -0.05) is 38.3 Å². The van der Waals surface area contributed by atoms with Crippen LogP contribution in [-0.2, 0) is 11.3 Å². The molecule has 0 bridgehead atoms. The van der Waals surface area contributed by atoms with Crippen molar-refractivity contribution in [2.75, 3.05) is 0 Å². The maximum atomic E-state index is 13.4. The highest BCUT2D eigenvalue weighted by Gasteiger charge is 2.14. The summed E-state index contributed by atoms with van der Waals surface area (Å²) in [5, 5.41) is 17.7. The van der Waals surface area contributed by atoms with Gasteiger partial charge in [-0.15, -0.1) is 5.10 Å². The molecule has 1 N–H and O–H groups in total. The number of carboxylic acid groups (broad SMARTS) is 1. The average molecular weight is 512 g/mol. The zero-order chi connectivity index (χ0) is 27.8. The smallest absolute Gasteiger partial charge is 0.303 e. The predicted molar refractivity (Wildman–Crippen MR) is 150 cm³/mol. The van der Waals surface area contributed by atoms with E-state index in [9.17, 15) is 9.18 Å². The molecule has 0 aliphatic rings. The Hall–Kier alpha value is -3.55. The van der Waals surface area contributed by atoms with Crippen molar-refractivity contribution >= 4 is 11.8 Å². The fourth-order valence-electron chi connectivity index (χ4n) is 3.65. The summed E-state index contributed by atoms with van der Waals surface area (Å²) in [6.45, 7) is 17.9. The molecule has 0 atom stereocenters. The van der Waals surface area contributed by atoms with E-state index in [2.05, 4.69) is 37.3 Å². The van der Waals surface area contributed by atoms with Crippen LogP contribution in [0, 0.1) is 0 Å². The number of aliphatic imine (C=N–C) groups is 1. The second-order valence-corrected chi connectivity index (χ2v) is 8.67. The van der Waals surface area contributed by atoms with Crippen molar-refractivity contribution in [3.8, 4) is 0 Å². The number of amidine groups is 1. The van der Waals surface area contributed by atoms with Crippen LogP contribution in [0.1, 0.15) is 84.8 Å². The van der Waals surface area contributed by atoms with Gasteiger partial charge < -0.3 is 10.0 Å². The van der Waals surface area contributed by atoms with Crippen molar-refractivity contribution in [1.29, 1.82) is 0 Å². The Morgan fingerprint density at radius 2 is 1.89 bits per heavy atom. The summed E-state index contributed by atoms with van der Waals surface area (Å²) in [5.74, 6) is -0.133. The quantitative estimate of drug-likeness (QED) is 0.108. The van der Waals surface area contributed by atoms with Crippen molar-refractivity contribution in [1.82, 2.24) is 19.9 Å². The van der Waals surface area contributed by atoms with Crippen molar-refractivity contribution in [3.63, 3.8) is 0 Å². The van der Waals surface area contributed by atoms with Crippen LogP contribution in [0.15, 0.2) is 83.7 Å². The van der Waals surface area contributed by atoms with E-state index in [1.807, 2.05) is 32.2 Å². The van der Waals surface area contributed by atoms with Crippen LogP contribution < -0.4 is 0 Å². The van der Waals surface area contributed by atoms with Crippen molar-refractivity contribution in [2.45, 2.75) is 85.6 Å². The fraction of sp³-hybridized carbons (Fsp3) is 0.448. The first-order valence-corrected chi connectivity index (χ1v) is 12.8. The lowest BCUT2D eigenvalue weighted by Crippen LogP contribution is -2.24. The minimum Gasteiger partial charge on any atom is -0.481 e. The number of allylic oxidation sites excluding steroid dienone is 7. The number of carbonyl (C=O) groups is 1. The summed E-state index contributed by atoms with van der Waals surface area (Å²) in [6.07, 6.45) is 15.8. The lowest BCUT2D eigenvalue weighted by molar-refractivity contribution is -0.137. The van der Waals surface area contributed by atoms with E-state index in [0.717, 1.165) is 29.8 Å². The van der Waals surface area contributed by atoms with E-state index in [1.54, 1.807) is 27.9 Å². The Balaban J connectivity index is 3.44. The molecule has 0 aliphatic carbocycles. The van der Waals surface area contributed by atoms with Crippen LogP contribution in [0.25, 0.3) is 0 Å². The second kappa shape index (κ2) is 17.0. The first-order valence-electron chi connectivity index (χ1n) is 12.8. The molecule has 0 spiro atoms. The normalized spacial score (nSPS) is 13.8. The summed E-state index contributed by atoms with van der Waals surface area (Å²) < 4.78 is 15.2. The Bertz CT molecular complexity index is 1050. The molecule has 0 aromatic carbocycles. The number of hydrogen-bond acceptors (Lipinski definition) is 4. The van der Waals surface area contributed by atoms with Gasteiger partial charge in [-0.05, 0) is 76.3 Å². The third-order valence-electron chi connectivity index (χ3n) is 5.99. The first kappa shape index (κ1) is 31.5. The molecule has 1 aromatic heterocycles. The molecule has 7 nitrogen and oxygen atoms in total. The lowest BCUT2D eigenvalue weighted by atomic mass is 10.0. The summed E-state index contributed by atoms with van der Waals surface area (Å²) in [4.78, 5) is 17.7. The Morgan fingerprint density at radius 3 is 2.43 bits per heavy atom. The minimum absolute atomic E-state index is 0.0804. The Labute approximate surface area is 221 Å². The molecule has 0 radical (unpaired) electrons. The van der Waals surface area contributed by atoms with Gasteiger partial charge in [-0.3, -0.25) is 4.79 Å². The molecule has 202 valence electrons. The molecule has 1 heterocycles. The van der Waals surface area contributed by atoms with Gasteiger partial charge >= 0.3 is 5.97 Å². The van der Waals surface area contributed by atoms with E-state index in [4.69, 9.17) is 10.1 Å². The van der Waals surface area contributed by atoms with Gasteiger partial charge in [-0.2, -0.15) is 0 Å². The summed E-state index contributed by atoms with van der Waals surface area (Å²) in [5.41, 5.74) is 3.31. The fourth-order valence-corrected chi connectivity index (χ4v) is 3.65. The largest absolute Gasteiger partial charge is 0.481 e. The summed E-state index contributed by atoms with van der Waals surface area (Å²) in [7, 11) is 0. The minimum atomic E-state index is -0.833. The topological polar surface area (TPSA) is 83.6 Å². The molecule has 0 saturated carbocycles. The lowest BCUT2D eigenvalue weighted by Gasteiger charge is -2.24. The number of aliphatic carboxylic acids is 1. The standard InChI is InChI=1S/C29H42FN5O2/c1-8-22(6)26(19-20-34-21-27(32-33-34)24(9-2)10-3)31-28(15-13-14-16-29(36)37)35(12-5)25(11-4)18-17-23(7)30/h8,11-12,17-19,21,24H,4-5,9-10,13-16,20H2,1-3,6-7H3,(H,36,37)/b22-8-,23-17+,25-18+,26-19+,31-28?. The van der Waals surface area contributed by atoms with Crippen LogP contribution >= 0.6 is 0 Å². The molecule has 0 unspecified atom stereocenters. The molecule has 1 rings (SSSR count). The van der Waals surface area contributed by atoms with Gasteiger partial charge in [0, 0.05) is 36.9 Å². The second-order valence-electron chi connectivity index (χ2n) is 8.67. The van der Waals surface area contributed by atoms with Gasteiger partial charge in [0.2, 0.25) is 0 Å². The van der Waals surface area contributed by atoms with Crippen molar-refractivity contribution in [3.05, 3.63) is 84.4 Å². The molecular weight excluding hydrogens is 469 g/mol. The number of carboxylic acids is 1. The summed E-state index contributed by atoms with van der Waals surface area (Å²) in [6, 6.07) is 0. The highest BCUT2D eigenvalue weighted by atomic mass is 19.1. The molecule has 0 fully saturated rings. The van der Waals surface area contributed by atoms with Gasteiger partial charge in [0.05, 0.1) is 23.8 Å². The van der Waals surface area contributed by atoms with E-state index < -0.39 is 5.97 Å². The SMILES string of the molecule is C=C/C(=C\C=C(/C)F)N(C=C)C(CCCCC(=O)O)=NC(=C/Cn1cc(C(CC)CC)nn1)/C(C)=C\C. The number of hydrogen-bond donors (Lipinski definition) is 1. The zero-order valence-corrected chi connectivity index (χ0v) is 23.0. The summed E-state index contributed by atoms with van der Waals surface area (Å²) >= 11 is 0. The molecule has 0 amide bonds. The first-order chi connectivity index (χ1) is 17.7. The Kier molecular flexibility index (Phi) is 14.5. The molecule has 1 aromatic rings. The van der Waals surface area contributed by atoms with Gasteiger partial charge in [-0.25, -0.2) is 14.1 Å². The van der Waals surface area contributed by atoms with Crippen LogP contribution in [0.2, 0.25) is 0 Å². The van der Waals surface area contributed by atoms with Crippen LogP contribution in [0.3, 0.4) is 0 Å². The molecule has 8 heteroatoms. The molecule has 37 heavy (non-hydrogen) atoms. The van der Waals surface area contributed by atoms with Gasteiger partial charge in [0.25, 0.3) is 0 Å². The number of unbranched alkanes of at least 4 members (excludes halogenated alkanes) is 1. The molecular formula is C29H42FN5O2. The number of nitrogens with zero attached hydrogens (tertiary/aromatic N) is 5. The van der Waals surface area contributed by atoms with Crippen LogP contribution in [-0.4, -0.2) is 36.8 Å². The van der Waals surface area contributed by atoms with E-state index in [0.29, 0.717) is 43.3 Å². The third kappa shape index (κ3) is 10.9. The number of rotatable bonds is 16. The van der Waals surface area contributed by atoms with E-state index in [-0.39, 0.29) is 12.2 Å². The number of aromatic nitrogens is 3. The van der Waals surface area contributed by atoms with Gasteiger partial charge in [0.15, 0.2) is 0 Å². The maximum absolute atomic E-state index is 13.4. The van der Waals surface area contributed by atoms with Crippen LogP contribution in [0.5, 0.6) is 0 Å². The average Bonchev–Trinajstić information content (AvgIpc) is 3.34. The maximum Gasteiger partial charge on any atom is 0.303 e. The van der Waals surface area contributed by atoms with Gasteiger partial charge in [0.1, 0.15) is 5.84 Å². The van der Waals surface area contributed by atoms with E-state index >= 15 is 0 Å². The monoisotopic (exact) mass is 511 g/mol. The van der Waals surface area contributed by atoms with E-state index in [1.165, 1.54) is 13.0 Å². The van der Waals surface area contributed by atoms with Crippen molar-refractivity contribution in [2.24, 2.45) is 4.99 Å². The predicted octanol–water partition coefficient (Wildman–Crippen LogP) is 7.46. The third-order valence-corrected chi connectivity index (χ3v) is 5.99. The molecule has 0 saturated heterocycles. The molecule has 0 aliphatic heterocycles. The Morgan fingerprint density at radius 1 is 1.22 bits per heavy atom.